The van der Waals surface area contributed by atoms with E-state index in [0.29, 0.717) is 47.1 Å². The first-order valence-electron chi connectivity index (χ1n) is 15.3. The number of ether oxygens (including phenoxy) is 1. The van der Waals surface area contributed by atoms with Crippen molar-refractivity contribution in [1.82, 2.24) is 34.4 Å². The van der Waals surface area contributed by atoms with Gasteiger partial charge in [0.1, 0.15) is 17.4 Å². The molecule has 4 heterocycles. The van der Waals surface area contributed by atoms with E-state index in [0.717, 1.165) is 68.6 Å². The molecule has 1 N–H and O–H groups in total. The molecule has 0 radical (unpaired) electrons. The van der Waals surface area contributed by atoms with E-state index in [9.17, 15) is 9.59 Å². The van der Waals surface area contributed by atoms with Gasteiger partial charge in [-0.05, 0) is 85.0 Å². The molecule has 4 fully saturated rings. The normalized spacial score (nSPS) is 20.7. The number of amides is 1. The Hall–Kier alpha value is -3.63. The lowest BCUT2D eigenvalue weighted by atomic mass is 9.58. The maximum absolute atomic E-state index is 13.9. The summed E-state index contributed by atoms with van der Waals surface area (Å²) in [6.07, 6.45) is 9.61. The van der Waals surface area contributed by atoms with Crippen LogP contribution < -0.4 is 10.9 Å². The van der Waals surface area contributed by atoms with Crippen LogP contribution in [0.4, 0.5) is 10.6 Å². The Bertz CT molecular complexity index is 1610. The Morgan fingerprint density at radius 2 is 1.86 bits per heavy atom. The Morgan fingerprint density at radius 3 is 2.52 bits per heavy atom. The van der Waals surface area contributed by atoms with Crippen molar-refractivity contribution in [3.63, 3.8) is 0 Å². The van der Waals surface area contributed by atoms with Crippen LogP contribution in [0.2, 0.25) is 0 Å². The van der Waals surface area contributed by atoms with Gasteiger partial charge in [0.05, 0.1) is 23.1 Å². The highest BCUT2D eigenvalue weighted by molar-refractivity contribution is 5.75. The molecule has 3 aliphatic carbocycles. The maximum Gasteiger partial charge on any atom is 0.410 e. The zero-order chi connectivity index (χ0) is 29.4. The van der Waals surface area contributed by atoms with E-state index in [1.54, 1.807) is 17.4 Å². The summed E-state index contributed by atoms with van der Waals surface area (Å²) < 4.78 is 7.34. The summed E-state index contributed by atoms with van der Waals surface area (Å²) in [5.41, 5.74) is 3.46. The molecule has 0 aromatic carbocycles. The molecule has 3 aromatic heterocycles. The van der Waals surface area contributed by atoms with Crippen molar-refractivity contribution in [3.8, 4) is 11.4 Å². The first kappa shape index (κ1) is 27.2. The summed E-state index contributed by atoms with van der Waals surface area (Å²) in [5.74, 6) is 2.22. The van der Waals surface area contributed by atoms with Gasteiger partial charge in [-0.3, -0.25) is 9.36 Å². The molecule has 1 aliphatic heterocycles. The van der Waals surface area contributed by atoms with Gasteiger partial charge in [0.25, 0.3) is 5.56 Å². The summed E-state index contributed by atoms with van der Waals surface area (Å²) in [5, 5.41) is 3.38. The molecular formula is C31H40N8O3. The molecule has 222 valence electrons. The average molecular weight is 573 g/mol. The standard InChI is InChI=1S/C31H40N8O3/c1-17-23(24(21-8-9-21)35-16-34-17)25-33-13-22-27(37-25)39(18(2)20-6-7-20)28(40)26(36-22)32-12-19-10-31(11-19)14-38(15-31)29(41)42-30(3,4)5/h13,16,18-21H,6-12,14-15H2,1-5H3,(H,32,36)/t18-/m0/s1. The number of aryl methyl sites for hydroxylation is 1. The third kappa shape index (κ3) is 5.00. The predicted octanol–water partition coefficient (Wildman–Crippen LogP) is 4.86. The Balaban J connectivity index is 1.10. The minimum Gasteiger partial charge on any atom is -0.444 e. The van der Waals surface area contributed by atoms with Crippen LogP contribution in [0.3, 0.4) is 0 Å². The zero-order valence-corrected chi connectivity index (χ0v) is 25.2. The van der Waals surface area contributed by atoms with E-state index in [1.807, 2.05) is 32.3 Å². The molecular weight excluding hydrogens is 532 g/mol. The van der Waals surface area contributed by atoms with E-state index in [-0.39, 0.29) is 23.1 Å². The van der Waals surface area contributed by atoms with E-state index in [2.05, 4.69) is 22.2 Å². The first-order valence-corrected chi connectivity index (χ1v) is 15.3. The minimum absolute atomic E-state index is 0.0168. The Labute approximate surface area is 245 Å². The molecule has 3 saturated carbocycles. The van der Waals surface area contributed by atoms with Crippen molar-refractivity contribution in [2.45, 2.75) is 90.7 Å². The van der Waals surface area contributed by atoms with Gasteiger partial charge in [-0.15, -0.1) is 0 Å². The molecule has 7 rings (SSSR count). The highest BCUT2D eigenvalue weighted by Gasteiger charge is 2.54. The summed E-state index contributed by atoms with van der Waals surface area (Å²) in [7, 11) is 0. The van der Waals surface area contributed by atoms with Crippen molar-refractivity contribution in [3.05, 3.63) is 34.3 Å². The van der Waals surface area contributed by atoms with Crippen molar-refractivity contribution >= 4 is 23.1 Å². The van der Waals surface area contributed by atoms with Crippen molar-refractivity contribution < 1.29 is 9.53 Å². The van der Waals surface area contributed by atoms with Crippen molar-refractivity contribution in [1.29, 1.82) is 0 Å². The number of carbonyl (C=O) groups excluding carboxylic acids is 1. The van der Waals surface area contributed by atoms with Gasteiger partial charge < -0.3 is 15.0 Å². The van der Waals surface area contributed by atoms with Crippen LogP contribution in [0.25, 0.3) is 22.6 Å². The van der Waals surface area contributed by atoms with Gasteiger partial charge in [-0.1, -0.05) is 0 Å². The highest BCUT2D eigenvalue weighted by Crippen LogP contribution is 2.52. The molecule has 11 nitrogen and oxygen atoms in total. The van der Waals surface area contributed by atoms with Crippen molar-refractivity contribution in [2.75, 3.05) is 25.0 Å². The van der Waals surface area contributed by atoms with Gasteiger partial charge in [0.2, 0.25) is 0 Å². The quantitative estimate of drug-likeness (QED) is 0.422. The van der Waals surface area contributed by atoms with Crippen LogP contribution in [0.5, 0.6) is 0 Å². The van der Waals surface area contributed by atoms with Crippen LogP contribution in [-0.4, -0.2) is 65.7 Å². The molecule has 0 bridgehead atoms. The Kier molecular flexibility index (Phi) is 6.29. The number of fused-ring (bicyclic) bond motifs is 1. The van der Waals surface area contributed by atoms with Crippen LogP contribution in [-0.2, 0) is 4.74 Å². The molecule has 3 aromatic rings. The molecule has 1 spiro atoms. The molecule has 11 heteroatoms. The van der Waals surface area contributed by atoms with Gasteiger partial charge in [-0.2, -0.15) is 0 Å². The lowest BCUT2D eigenvalue weighted by Gasteiger charge is -2.58. The van der Waals surface area contributed by atoms with Gasteiger partial charge in [0, 0.05) is 37.0 Å². The van der Waals surface area contributed by atoms with E-state index in [4.69, 9.17) is 19.7 Å². The predicted molar refractivity (Wildman–Crippen MR) is 158 cm³/mol. The number of nitrogens with one attached hydrogen (secondary N) is 1. The maximum atomic E-state index is 13.9. The third-order valence-corrected chi connectivity index (χ3v) is 9.30. The molecule has 1 atom stereocenters. The van der Waals surface area contributed by atoms with Crippen LogP contribution in [0.1, 0.15) is 89.6 Å². The summed E-state index contributed by atoms with van der Waals surface area (Å²) in [6, 6.07) is 0.0168. The van der Waals surface area contributed by atoms with E-state index in [1.165, 1.54) is 0 Å². The highest BCUT2D eigenvalue weighted by atomic mass is 16.6. The SMILES string of the molecule is Cc1ncnc(C2CC2)c1-c1ncc2nc(NCC3CC4(C3)CN(C(=O)OC(C)(C)C)C4)c(=O)n([C@@H](C)C3CC3)c2n1. The molecule has 4 aliphatic rings. The van der Waals surface area contributed by atoms with Gasteiger partial charge in [-0.25, -0.2) is 29.7 Å². The number of aromatic nitrogens is 6. The van der Waals surface area contributed by atoms with Crippen LogP contribution in [0, 0.1) is 24.2 Å². The van der Waals surface area contributed by atoms with E-state index >= 15 is 0 Å². The van der Waals surface area contributed by atoms with Gasteiger partial charge >= 0.3 is 6.09 Å². The molecule has 42 heavy (non-hydrogen) atoms. The summed E-state index contributed by atoms with van der Waals surface area (Å²) in [6.45, 7) is 11.9. The second kappa shape index (κ2) is 9.70. The second-order valence-corrected chi connectivity index (χ2v) is 14.1. The van der Waals surface area contributed by atoms with Crippen molar-refractivity contribution in [2.24, 2.45) is 17.3 Å². The summed E-state index contributed by atoms with van der Waals surface area (Å²) in [4.78, 5) is 51.4. The molecule has 1 saturated heterocycles. The number of likely N-dealkylation sites (tertiary alicyclic amines) is 1. The fourth-order valence-corrected chi connectivity index (χ4v) is 6.87. The number of hydrogen-bond acceptors (Lipinski definition) is 9. The number of hydrogen-bond donors (Lipinski definition) is 1. The first-order chi connectivity index (χ1) is 20.0. The smallest absolute Gasteiger partial charge is 0.410 e. The second-order valence-electron chi connectivity index (χ2n) is 14.1. The van der Waals surface area contributed by atoms with Gasteiger partial charge in [0.15, 0.2) is 17.3 Å². The topological polar surface area (TPSA) is 128 Å². The lowest BCUT2D eigenvalue weighted by Crippen LogP contribution is -2.64. The molecule has 1 amide bonds. The number of rotatable bonds is 7. The minimum atomic E-state index is -0.482. The van der Waals surface area contributed by atoms with Crippen LogP contribution in [0.15, 0.2) is 17.3 Å². The van der Waals surface area contributed by atoms with Crippen LogP contribution >= 0.6 is 0 Å². The number of nitrogens with zero attached hydrogens (tertiary/aromatic N) is 7. The largest absolute Gasteiger partial charge is 0.444 e. The van der Waals surface area contributed by atoms with E-state index < -0.39 is 5.60 Å². The lowest BCUT2D eigenvalue weighted by molar-refractivity contribution is -0.0920. The average Bonchev–Trinajstić information content (AvgIpc) is 3.79. The fourth-order valence-electron chi connectivity index (χ4n) is 6.87. The monoisotopic (exact) mass is 572 g/mol. The molecule has 0 unspecified atom stereocenters. The zero-order valence-electron chi connectivity index (χ0n) is 25.2. The third-order valence-electron chi connectivity index (χ3n) is 9.30. The summed E-state index contributed by atoms with van der Waals surface area (Å²) >= 11 is 0. The number of carbonyl (C=O) groups is 1. The Morgan fingerprint density at radius 1 is 1.12 bits per heavy atom. The number of anilines is 1. The fraction of sp³-hybridized carbons (Fsp3) is 0.645.